The molecule has 6 nitrogen and oxygen atoms in total. The van der Waals surface area contributed by atoms with Crippen molar-refractivity contribution in [1.82, 2.24) is 5.32 Å². The lowest BCUT2D eigenvalue weighted by molar-refractivity contribution is 0.0927. The standard InChI is InChI=1S/C21H25BrN2O4S/c1-2-28-19-13-10-16(22)14-20(19)29(26,27)24-18-11-8-15(9-12-18)21(25)23-17-6-4-3-5-7-17/h8-14,17,24H,2-7H2,1H3,(H,23,25). The lowest BCUT2D eigenvalue weighted by Crippen LogP contribution is -2.36. The van der Waals surface area contributed by atoms with Crippen molar-refractivity contribution in [2.75, 3.05) is 11.3 Å². The fraction of sp³-hybridized carbons (Fsp3) is 0.381. The highest BCUT2D eigenvalue weighted by atomic mass is 79.9. The number of hydrogen-bond acceptors (Lipinski definition) is 4. The molecule has 0 aromatic heterocycles. The largest absolute Gasteiger partial charge is 0.492 e. The molecule has 0 atom stereocenters. The Morgan fingerprint density at radius 3 is 2.45 bits per heavy atom. The van der Waals surface area contributed by atoms with Crippen molar-refractivity contribution in [2.45, 2.75) is 50.0 Å². The minimum Gasteiger partial charge on any atom is -0.492 e. The van der Waals surface area contributed by atoms with Crippen molar-refractivity contribution in [3.05, 3.63) is 52.5 Å². The van der Waals surface area contributed by atoms with E-state index in [1.54, 1.807) is 43.3 Å². The van der Waals surface area contributed by atoms with Crippen LogP contribution in [-0.2, 0) is 10.0 Å². The Balaban J connectivity index is 1.72. The van der Waals surface area contributed by atoms with E-state index in [-0.39, 0.29) is 22.6 Å². The Morgan fingerprint density at radius 1 is 1.10 bits per heavy atom. The summed E-state index contributed by atoms with van der Waals surface area (Å²) in [5.41, 5.74) is 0.887. The SMILES string of the molecule is CCOc1ccc(Br)cc1S(=O)(=O)Nc1ccc(C(=O)NC2CCCCC2)cc1. The molecule has 0 bridgehead atoms. The van der Waals surface area contributed by atoms with E-state index in [9.17, 15) is 13.2 Å². The van der Waals surface area contributed by atoms with E-state index >= 15 is 0 Å². The average Bonchev–Trinajstić information content (AvgIpc) is 2.70. The van der Waals surface area contributed by atoms with Gasteiger partial charge in [0.1, 0.15) is 10.6 Å². The van der Waals surface area contributed by atoms with Crippen LogP contribution in [0.2, 0.25) is 0 Å². The van der Waals surface area contributed by atoms with Crippen molar-refractivity contribution in [1.29, 1.82) is 0 Å². The number of carbonyl (C=O) groups is 1. The van der Waals surface area contributed by atoms with E-state index in [0.717, 1.165) is 25.7 Å². The number of rotatable bonds is 7. The molecule has 1 amide bonds. The maximum atomic E-state index is 12.8. The minimum atomic E-state index is -3.85. The zero-order valence-electron chi connectivity index (χ0n) is 16.3. The summed E-state index contributed by atoms with van der Waals surface area (Å²) < 4.78 is 34.3. The molecule has 2 aromatic rings. The van der Waals surface area contributed by atoms with Gasteiger partial charge in [0.05, 0.1) is 6.61 Å². The summed E-state index contributed by atoms with van der Waals surface area (Å²) in [5.74, 6) is 0.156. The highest BCUT2D eigenvalue weighted by Gasteiger charge is 2.21. The first-order valence-electron chi connectivity index (χ1n) is 9.75. The molecule has 0 heterocycles. The quantitative estimate of drug-likeness (QED) is 0.600. The molecule has 1 fully saturated rings. The monoisotopic (exact) mass is 480 g/mol. The number of halogens is 1. The second kappa shape index (κ2) is 9.63. The van der Waals surface area contributed by atoms with Gasteiger partial charge in [0.25, 0.3) is 15.9 Å². The molecule has 0 aliphatic heterocycles. The Hall–Kier alpha value is -2.06. The second-order valence-corrected chi connectivity index (χ2v) is 9.58. The van der Waals surface area contributed by atoms with Gasteiger partial charge in [0.2, 0.25) is 0 Å². The second-order valence-electron chi connectivity index (χ2n) is 7.02. The van der Waals surface area contributed by atoms with E-state index in [1.165, 1.54) is 12.5 Å². The molecule has 1 aliphatic rings. The number of amides is 1. The number of anilines is 1. The van der Waals surface area contributed by atoms with Gasteiger partial charge in [0, 0.05) is 21.8 Å². The van der Waals surface area contributed by atoms with Gasteiger partial charge in [-0.15, -0.1) is 0 Å². The predicted molar refractivity (Wildman–Crippen MR) is 117 cm³/mol. The molecule has 29 heavy (non-hydrogen) atoms. The molecule has 2 N–H and O–H groups in total. The van der Waals surface area contributed by atoms with Crippen LogP contribution in [0.15, 0.2) is 51.8 Å². The molecule has 156 valence electrons. The molecule has 3 rings (SSSR count). The summed E-state index contributed by atoms with van der Waals surface area (Å²) in [7, 11) is -3.85. The number of benzene rings is 2. The summed E-state index contributed by atoms with van der Waals surface area (Å²) in [4.78, 5) is 12.5. The third-order valence-corrected chi connectivity index (χ3v) is 6.73. The van der Waals surface area contributed by atoms with E-state index in [0.29, 0.717) is 22.3 Å². The number of sulfonamides is 1. The van der Waals surface area contributed by atoms with Crippen LogP contribution >= 0.6 is 15.9 Å². The van der Waals surface area contributed by atoms with E-state index in [4.69, 9.17) is 4.74 Å². The minimum absolute atomic E-state index is 0.0489. The Kier molecular flexibility index (Phi) is 7.18. The first kappa shape index (κ1) is 21.6. The van der Waals surface area contributed by atoms with Crippen molar-refractivity contribution in [3.8, 4) is 5.75 Å². The fourth-order valence-electron chi connectivity index (χ4n) is 3.38. The average molecular weight is 481 g/mol. The Labute approximate surface area is 180 Å². The molecule has 0 unspecified atom stereocenters. The number of hydrogen-bond donors (Lipinski definition) is 2. The first-order chi connectivity index (χ1) is 13.9. The zero-order chi connectivity index (χ0) is 20.9. The topological polar surface area (TPSA) is 84.5 Å². The van der Waals surface area contributed by atoms with Gasteiger partial charge in [-0.05, 0) is 62.2 Å². The summed E-state index contributed by atoms with van der Waals surface area (Å²) in [6, 6.07) is 11.5. The van der Waals surface area contributed by atoms with Crippen molar-refractivity contribution < 1.29 is 17.9 Å². The molecule has 2 aromatic carbocycles. The Morgan fingerprint density at radius 2 is 1.79 bits per heavy atom. The van der Waals surface area contributed by atoms with Crippen LogP contribution in [0.1, 0.15) is 49.4 Å². The first-order valence-corrected chi connectivity index (χ1v) is 12.0. The highest BCUT2D eigenvalue weighted by Crippen LogP contribution is 2.29. The van der Waals surface area contributed by atoms with Crippen LogP contribution in [0.5, 0.6) is 5.75 Å². The fourth-order valence-corrected chi connectivity index (χ4v) is 5.12. The van der Waals surface area contributed by atoms with E-state index < -0.39 is 10.0 Å². The molecule has 1 aliphatic carbocycles. The molecular weight excluding hydrogens is 456 g/mol. The smallest absolute Gasteiger partial charge is 0.265 e. The molecular formula is C21H25BrN2O4S. The molecule has 8 heteroatoms. The predicted octanol–water partition coefficient (Wildman–Crippen LogP) is 4.71. The van der Waals surface area contributed by atoms with Gasteiger partial charge in [-0.25, -0.2) is 8.42 Å². The van der Waals surface area contributed by atoms with Gasteiger partial charge < -0.3 is 10.1 Å². The van der Waals surface area contributed by atoms with Crippen LogP contribution in [0.25, 0.3) is 0 Å². The van der Waals surface area contributed by atoms with Crippen LogP contribution < -0.4 is 14.8 Å². The third kappa shape index (κ3) is 5.73. The normalized spacial score (nSPS) is 15.0. The summed E-state index contributed by atoms with van der Waals surface area (Å²) in [6.45, 7) is 2.15. The summed E-state index contributed by atoms with van der Waals surface area (Å²) in [5, 5.41) is 3.06. The third-order valence-electron chi connectivity index (χ3n) is 4.83. The van der Waals surface area contributed by atoms with Gasteiger partial charge >= 0.3 is 0 Å². The maximum absolute atomic E-state index is 12.8. The lowest BCUT2D eigenvalue weighted by atomic mass is 9.95. The van der Waals surface area contributed by atoms with Gasteiger partial charge in [-0.3, -0.25) is 9.52 Å². The molecule has 1 saturated carbocycles. The van der Waals surface area contributed by atoms with Gasteiger partial charge in [0.15, 0.2) is 0 Å². The van der Waals surface area contributed by atoms with Crippen LogP contribution in [0, 0.1) is 0 Å². The van der Waals surface area contributed by atoms with Crippen molar-refractivity contribution in [2.24, 2.45) is 0 Å². The zero-order valence-corrected chi connectivity index (χ0v) is 18.7. The van der Waals surface area contributed by atoms with Gasteiger partial charge in [-0.1, -0.05) is 35.2 Å². The number of carbonyl (C=O) groups excluding carboxylic acids is 1. The van der Waals surface area contributed by atoms with Crippen LogP contribution in [0.3, 0.4) is 0 Å². The summed E-state index contributed by atoms with van der Waals surface area (Å²) in [6.07, 6.45) is 5.54. The number of nitrogens with one attached hydrogen (secondary N) is 2. The molecule has 0 radical (unpaired) electrons. The van der Waals surface area contributed by atoms with E-state index in [1.807, 2.05) is 0 Å². The van der Waals surface area contributed by atoms with Crippen LogP contribution in [0.4, 0.5) is 5.69 Å². The van der Waals surface area contributed by atoms with Gasteiger partial charge in [-0.2, -0.15) is 0 Å². The van der Waals surface area contributed by atoms with Crippen LogP contribution in [-0.4, -0.2) is 27.0 Å². The maximum Gasteiger partial charge on any atom is 0.265 e. The summed E-state index contributed by atoms with van der Waals surface area (Å²) >= 11 is 3.30. The highest BCUT2D eigenvalue weighted by molar-refractivity contribution is 9.10. The Bertz CT molecular complexity index is 955. The van der Waals surface area contributed by atoms with Crippen molar-refractivity contribution in [3.63, 3.8) is 0 Å². The van der Waals surface area contributed by atoms with E-state index in [2.05, 4.69) is 26.0 Å². The molecule has 0 saturated heterocycles. The van der Waals surface area contributed by atoms with Crippen molar-refractivity contribution >= 4 is 37.5 Å². The number of ether oxygens (including phenoxy) is 1. The molecule has 0 spiro atoms. The lowest BCUT2D eigenvalue weighted by Gasteiger charge is -2.22.